The van der Waals surface area contributed by atoms with E-state index in [0.29, 0.717) is 48.7 Å². The van der Waals surface area contributed by atoms with Gasteiger partial charge in [0.15, 0.2) is 9.84 Å². The van der Waals surface area contributed by atoms with Crippen LogP contribution in [0.3, 0.4) is 0 Å². The molecule has 190 valence electrons. The fraction of sp³-hybridized carbons (Fsp3) is 0.333. The second-order valence-electron chi connectivity index (χ2n) is 8.70. The van der Waals surface area contributed by atoms with Crippen molar-refractivity contribution in [1.82, 2.24) is 4.90 Å². The Labute approximate surface area is 216 Å². The highest BCUT2D eigenvalue weighted by Gasteiger charge is 2.33. The minimum atomic E-state index is -3.50. The predicted molar refractivity (Wildman–Crippen MR) is 142 cm³/mol. The number of urea groups is 1. The van der Waals surface area contributed by atoms with Gasteiger partial charge in [-0.3, -0.25) is 0 Å². The Morgan fingerprint density at radius 3 is 2.42 bits per heavy atom. The summed E-state index contributed by atoms with van der Waals surface area (Å²) < 4.78 is 31.7. The molecule has 2 heterocycles. The SMILES string of the molecule is CCCCOC(=O)c1ccccc1NC(=O)N1CCC(S(=O)(=O)c2ccc(-c3cccs3)cc2)CC1. The topological polar surface area (TPSA) is 92.8 Å². The number of ether oxygens (including phenoxy) is 1. The molecule has 0 atom stereocenters. The predicted octanol–water partition coefficient (Wildman–Crippen LogP) is 5.84. The molecular formula is C27H30N2O5S2. The lowest BCUT2D eigenvalue weighted by atomic mass is 10.1. The summed E-state index contributed by atoms with van der Waals surface area (Å²) in [6, 6.07) is 17.3. The minimum absolute atomic E-state index is 0.297. The van der Waals surface area contributed by atoms with Crippen LogP contribution in [-0.2, 0) is 14.6 Å². The molecule has 36 heavy (non-hydrogen) atoms. The molecule has 1 saturated heterocycles. The number of nitrogens with one attached hydrogen (secondary N) is 1. The van der Waals surface area contributed by atoms with E-state index in [1.807, 2.05) is 36.6 Å². The Hall–Kier alpha value is -3.17. The van der Waals surface area contributed by atoms with E-state index in [1.165, 1.54) is 0 Å². The van der Waals surface area contributed by atoms with E-state index < -0.39 is 21.1 Å². The van der Waals surface area contributed by atoms with Crippen molar-refractivity contribution >= 4 is 38.9 Å². The quantitative estimate of drug-likeness (QED) is 0.294. The number of thiophene rings is 1. The molecule has 4 rings (SSSR count). The van der Waals surface area contributed by atoms with Crippen LogP contribution in [0.5, 0.6) is 0 Å². The Balaban J connectivity index is 1.36. The van der Waals surface area contributed by atoms with Gasteiger partial charge in [0.2, 0.25) is 0 Å². The molecule has 9 heteroatoms. The van der Waals surface area contributed by atoms with Gasteiger partial charge in [0, 0.05) is 18.0 Å². The Bertz CT molecular complexity index is 1280. The van der Waals surface area contributed by atoms with E-state index in [1.54, 1.807) is 52.6 Å². The first-order valence-corrected chi connectivity index (χ1v) is 14.5. The second-order valence-corrected chi connectivity index (χ2v) is 11.9. The van der Waals surface area contributed by atoms with Crippen molar-refractivity contribution in [2.24, 2.45) is 0 Å². The highest BCUT2D eigenvalue weighted by atomic mass is 32.2. The number of hydrogen-bond acceptors (Lipinski definition) is 6. The number of piperidine rings is 1. The lowest BCUT2D eigenvalue weighted by molar-refractivity contribution is 0.0501. The maximum absolute atomic E-state index is 13.2. The summed E-state index contributed by atoms with van der Waals surface area (Å²) >= 11 is 1.61. The van der Waals surface area contributed by atoms with Gasteiger partial charge in [-0.05, 0) is 60.5 Å². The fourth-order valence-corrected chi connectivity index (χ4v) is 6.63. The molecule has 1 aromatic heterocycles. The first-order valence-electron chi connectivity index (χ1n) is 12.1. The maximum atomic E-state index is 13.2. The maximum Gasteiger partial charge on any atom is 0.340 e. The number of anilines is 1. The molecule has 0 unspecified atom stereocenters. The normalized spacial score (nSPS) is 14.4. The van der Waals surface area contributed by atoms with Crippen molar-refractivity contribution in [3.8, 4) is 10.4 Å². The summed E-state index contributed by atoms with van der Waals surface area (Å²) in [6.45, 7) is 2.97. The van der Waals surface area contributed by atoms with E-state index in [0.717, 1.165) is 23.3 Å². The van der Waals surface area contributed by atoms with Crippen LogP contribution in [0, 0.1) is 0 Å². The van der Waals surface area contributed by atoms with Crippen LogP contribution in [0.25, 0.3) is 10.4 Å². The van der Waals surface area contributed by atoms with Gasteiger partial charge in [0.25, 0.3) is 0 Å². The van der Waals surface area contributed by atoms with Crippen molar-refractivity contribution in [2.45, 2.75) is 42.8 Å². The molecule has 7 nitrogen and oxygen atoms in total. The second kappa shape index (κ2) is 11.7. The van der Waals surface area contributed by atoms with Crippen molar-refractivity contribution in [2.75, 3.05) is 25.0 Å². The first-order chi connectivity index (χ1) is 17.4. The largest absolute Gasteiger partial charge is 0.462 e. The van der Waals surface area contributed by atoms with E-state index >= 15 is 0 Å². The number of esters is 1. The molecule has 1 fully saturated rings. The third-order valence-electron chi connectivity index (χ3n) is 6.28. The minimum Gasteiger partial charge on any atom is -0.462 e. The van der Waals surface area contributed by atoms with Crippen LogP contribution in [-0.4, -0.2) is 50.3 Å². The van der Waals surface area contributed by atoms with Crippen molar-refractivity contribution in [1.29, 1.82) is 0 Å². The molecule has 2 aromatic carbocycles. The van der Waals surface area contributed by atoms with Crippen LogP contribution in [0.1, 0.15) is 43.0 Å². The summed E-state index contributed by atoms with van der Waals surface area (Å²) in [5.41, 5.74) is 1.67. The van der Waals surface area contributed by atoms with Crippen LogP contribution >= 0.6 is 11.3 Å². The summed E-state index contributed by atoms with van der Waals surface area (Å²) in [4.78, 5) is 28.3. The number of carbonyl (C=O) groups excluding carboxylic acids is 2. The third-order valence-corrected chi connectivity index (χ3v) is 9.47. The number of nitrogens with zero attached hydrogens (tertiary/aromatic N) is 1. The molecule has 0 aliphatic carbocycles. The zero-order valence-corrected chi connectivity index (χ0v) is 21.8. The number of para-hydroxylation sites is 1. The summed E-state index contributed by atoms with van der Waals surface area (Å²) in [6.07, 6.45) is 2.39. The molecule has 0 saturated carbocycles. The zero-order chi connectivity index (χ0) is 25.5. The number of benzene rings is 2. The van der Waals surface area contributed by atoms with E-state index in [-0.39, 0.29) is 6.03 Å². The van der Waals surface area contributed by atoms with Gasteiger partial charge in [0.1, 0.15) is 0 Å². The zero-order valence-electron chi connectivity index (χ0n) is 20.2. The van der Waals surface area contributed by atoms with Crippen molar-refractivity contribution < 1.29 is 22.7 Å². The van der Waals surface area contributed by atoms with E-state index in [9.17, 15) is 18.0 Å². The van der Waals surface area contributed by atoms with E-state index in [4.69, 9.17) is 4.74 Å². The van der Waals surface area contributed by atoms with Crippen LogP contribution in [0.2, 0.25) is 0 Å². The number of amides is 2. The molecule has 0 radical (unpaired) electrons. The van der Waals surface area contributed by atoms with Gasteiger partial charge in [-0.1, -0.05) is 43.7 Å². The van der Waals surface area contributed by atoms with Crippen LogP contribution < -0.4 is 5.32 Å². The van der Waals surface area contributed by atoms with Crippen LogP contribution in [0.4, 0.5) is 10.5 Å². The number of rotatable bonds is 8. The fourth-order valence-electron chi connectivity index (χ4n) is 4.16. The third kappa shape index (κ3) is 5.96. The molecule has 0 bridgehead atoms. The van der Waals surface area contributed by atoms with Crippen molar-refractivity contribution in [3.05, 3.63) is 71.6 Å². The average molecular weight is 527 g/mol. The Morgan fingerprint density at radius 1 is 1.03 bits per heavy atom. The number of sulfone groups is 1. The van der Waals surface area contributed by atoms with Gasteiger partial charge in [0.05, 0.1) is 28.0 Å². The highest BCUT2D eigenvalue weighted by Crippen LogP contribution is 2.29. The van der Waals surface area contributed by atoms with E-state index in [2.05, 4.69) is 5.32 Å². The Morgan fingerprint density at radius 2 is 1.75 bits per heavy atom. The highest BCUT2D eigenvalue weighted by molar-refractivity contribution is 7.92. The lowest BCUT2D eigenvalue weighted by Crippen LogP contribution is -2.44. The van der Waals surface area contributed by atoms with Crippen LogP contribution in [0.15, 0.2) is 70.9 Å². The number of likely N-dealkylation sites (tertiary alicyclic amines) is 1. The summed E-state index contributed by atoms with van der Waals surface area (Å²) in [5.74, 6) is -0.478. The molecular weight excluding hydrogens is 496 g/mol. The molecule has 1 aliphatic rings. The van der Waals surface area contributed by atoms with Crippen molar-refractivity contribution in [3.63, 3.8) is 0 Å². The average Bonchev–Trinajstić information content (AvgIpc) is 3.44. The van der Waals surface area contributed by atoms with Gasteiger partial charge in [-0.25, -0.2) is 18.0 Å². The number of carbonyl (C=O) groups is 2. The number of unbranched alkanes of at least 4 members (excludes halogenated alkanes) is 1. The van der Waals surface area contributed by atoms with Gasteiger partial charge < -0.3 is 15.0 Å². The van der Waals surface area contributed by atoms with Gasteiger partial charge >= 0.3 is 12.0 Å². The summed E-state index contributed by atoms with van der Waals surface area (Å²) in [7, 11) is -3.50. The number of hydrogen-bond donors (Lipinski definition) is 1. The molecule has 2 amide bonds. The standard InChI is InChI=1S/C27H30N2O5S2/c1-2-3-18-34-26(30)23-7-4-5-8-24(23)28-27(31)29-16-14-22(15-17-29)36(32,33)21-12-10-20(11-13-21)25-9-6-19-35-25/h4-13,19,22H,2-3,14-18H2,1H3,(H,28,31). The van der Waals surface area contributed by atoms with Gasteiger partial charge in [-0.15, -0.1) is 11.3 Å². The summed E-state index contributed by atoms with van der Waals surface area (Å²) in [5, 5.41) is 4.24. The Kier molecular flexibility index (Phi) is 8.43. The molecule has 0 spiro atoms. The monoisotopic (exact) mass is 526 g/mol. The molecule has 1 aliphatic heterocycles. The smallest absolute Gasteiger partial charge is 0.340 e. The molecule has 3 aromatic rings. The van der Waals surface area contributed by atoms with Gasteiger partial charge in [-0.2, -0.15) is 0 Å². The lowest BCUT2D eigenvalue weighted by Gasteiger charge is -2.32. The first kappa shape index (κ1) is 25.9. The molecule has 1 N–H and O–H groups in total.